The van der Waals surface area contributed by atoms with Crippen LogP contribution in [-0.2, 0) is 21.1 Å². The fourth-order valence-electron chi connectivity index (χ4n) is 3.07. The summed E-state index contributed by atoms with van der Waals surface area (Å²) in [6.45, 7) is 0. The Balaban J connectivity index is 2.16. The van der Waals surface area contributed by atoms with Crippen molar-refractivity contribution in [3.05, 3.63) is 58.3 Å². The van der Waals surface area contributed by atoms with E-state index in [1.165, 1.54) is 6.07 Å². The van der Waals surface area contributed by atoms with Gasteiger partial charge in [0.2, 0.25) is 5.91 Å². The van der Waals surface area contributed by atoms with E-state index in [4.69, 9.17) is 32.9 Å². The number of aryl methyl sites for hydroxylation is 1. The highest BCUT2D eigenvalue weighted by Gasteiger charge is 2.24. The van der Waals surface area contributed by atoms with Crippen molar-refractivity contribution >= 4 is 38.9 Å². The maximum absolute atomic E-state index is 12.4. The Bertz CT molecular complexity index is 1190. The first-order chi connectivity index (χ1) is 14.2. The highest BCUT2D eigenvalue weighted by Crippen LogP contribution is 2.40. The molecule has 10 heteroatoms. The van der Waals surface area contributed by atoms with Crippen molar-refractivity contribution in [3.63, 3.8) is 0 Å². The Labute approximate surface area is 183 Å². The van der Waals surface area contributed by atoms with Crippen LogP contribution >= 0.6 is 23.2 Å². The van der Waals surface area contributed by atoms with Crippen LogP contribution in [0.1, 0.15) is 18.6 Å². The molecule has 2 aromatic carbocycles. The zero-order valence-electron chi connectivity index (χ0n) is 15.9. The van der Waals surface area contributed by atoms with E-state index in [1.807, 2.05) is 0 Å². The number of hydrogen-bond acceptors (Lipinski definition) is 6. The van der Waals surface area contributed by atoms with Crippen molar-refractivity contribution < 1.29 is 22.9 Å². The SMILES string of the molecule is CS(=O)(=O)c1ccccc1-c1c(-c2ccc(Cl)c(Cl)c2)noc1CCCC(=O)NO. The molecular weight excluding hydrogens is 451 g/mol. The predicted octanol–water partition coefficient (Wildman–Crippen LogP) is 4.55. The second-order valence-corrected chi connectivity index (χ2v) is 9.41. The van der Waals surface area contributed by atoms with Gasteiger partial charge < -0.3 is 4.52 Å². The largest absolute Gasteiger partial charge is 0.360 e. The first-order valence-corrected chi connectivity index (χ1v) is 11.5. The zero-order chi connectivity index (χ0) is 21.9. The molecular formula is C20H18Cl2N2O5S. The van der Waals surface area contributed by atoms with E-state index >= 15 is 0 Å². The highest BCUT2D eigenvalue weighted by molar-refractivity contribution is 7.90. The van der Waals surface area contributed by atoms with Crippen LogP contribution in [0.2, 0.25) is 10.0 Å². The fourth-order valence-corrected chi connectivity index (χ4v) is 4.27. The lowest BCUT2D eigenvalue weighted by molar-refractivity contribution is -0.129. The fraction of sp³-hybridized carbons (Fsp3) is 0.200. The molecule has 1 amide bonds. The van der Waals surface area contributed by atoms with Gasteiger partial charge in [0.15, 0.2) is 9.84 Å². The smallest absolute Gasteiger partial charge is 0.243 e. The number of amides is 1. The molecule has 0 aliphatic rings. The maximum atomic E-state index is 12.4. The van der Waals surface area contributed by atoms with Crippen LogP contribution in [0.15, 0.2) is 51.9 Å². The summed E-state index contributed by atoms with van der Waals surface area (Å²) in [5.74, 6) is -0.116. The molecule has 7 nitrogen and oxygen atoms in total. The number of nitrogens with zero attached hydrogens (tertiary/aromatic N) is 1. The molecule has 0 unspecified atom stereocenters. The number of aromatic nitrogens is 1. The van der Waals surface area contributed by atoms with Gasteiger partial charge in [-0.15, -0.1) is 0 Å². The second-order valence-electron chi connectivity index (χ2n) is 6.62. The zero-order valence-corrected chi connectivity index (χ0v) is 18.2. The summed E-state index contributed by atoms with van der Waals surface area (Å²) in [4.78, 5) is 11.5. The molecule has 0 aliphatic carbocycles. The Morgan fingerprint density at radius 3 is 2.57 bits per heavy atom. The van der Waals surface area contributed by atoms with Gasteiger partial charge in [-0.25, -0.2) is 13.9 Å². The van der Waals surface area contributed by atoms with Crippen molar-refractivity contribution in [1.29, 1.82) is 0 Å². The van der Waals surface area contributed by atoms with E-state index < -0.39 is 15.7 Å². The maximum Gasteiger partial charge on any atom is 0.243 e. The van der Waals surface area contributed by atoms with Crippen LogP contribution in [0.5, 0.6) is 0 Å². The number of benzene rings is 2. The Morgan fingerprint density at radius 2 is 1.90 bits per heavy atom. The molecule has 0 spiro atoms. The Kier molecular flexibility index (Phi) is 6.82. The summed E-state index contributed by atoms with van der Waals surface area (Å²) in [6, 6.07) is 11.5. The molecule has 158 valence electrons. The van der Waals surface area contributed by atoms with E-state index in [1.54, 1.807) is 41.9 Å². The number of nitrogens with one attached hydrogen (secondary N) is 1. The number of hydroxylamine groups is 1. The van der Waals surface area contributed by atoms with Gasteiger partial charge in [-0.05, 0) is 24.6 Å². The van der Waals surface area contributed by atoms with Gasteiger partial charge in [-0.2, -0.15) is 0 Å². The summed E-state index contributed by atoms with van der Waals surface area (Å²) < 4.78 is 30.3. The normalized spacial score (nSPS) is 11.5. The molecule has 0 fully saturated rings. The number of halogens is 2. The number of rotatable bonds is 7. The number of sulfone groups is 1. The van der Waals surface area contributed by atoms with Crippen molar-refractivity contribution in [2.24, 2.45) is 0 Å². The van der Waals surface area contributed by atoms with Crippen LogP contribution in [0.3, 0.4) is 0 Å². The number of hydrogen-bond donors (Lipinski definition) is 2. The van der Waals surface area contributed by atoms with Gasteiger partial charge in [-0.3, -0.25) is 10.0 Å². The third-order valence-electron chi connectivity index (χ3n) is 4.44. The van der Waals surface area contributed by atoms with E-state index in [2.05, 4.69) is 5.16 Å². The van der Waals surface area contributed by atoms with Crippen molar-refractivity contribution in [1.82, 2.24) is 10.6 Å². The lowest BCUT2D eigenvalue weighted by Crippen LogP contribution is -2.18. The summed E-state index contributed by atoms with van der Waals surface area (Å²) in [7, 11) is -3.54. The minimum Gasteiger partial charge on any atom is -0.360 e. The summed E-state index contributed by atoms with van der Waals surface area (Å²) >= 11 is 12.2. The summed E-state index contributed by atoms with van der Waals surface area (Å²) in [6.07, 6.45) is 1.85. The molecule has 0 saturated heterocycles. The van der Waals surface area contributed by atoms with Crippen molar-refractivity contribution in [3.8, 4) is 22.4 Å². The van der Waals surface area contributed by atoms with Crippen molar-refractivity contribution in [2.75, 3.05) is 6.26 Å². The van der Waals surface area contributed by atoms with Crippen LogP contribution in [0.25, 0.3) is 22.4 Å². The monoisotopic (exact) mass is 468 g/mol. The van der Waals surface area contributed by atoms with E-state index in [9.17, 15) is 13.2 Å². The van der Waals surface area contributed by atoms with Crippen LogP contribution in [0.4, 0.5) is 0 Å². The predicted molar refractivity (Wildman–Crippen MR) is 113 cm³/mol. The lowest BCUT2D eigenvalue weighted by atomic mass is 9.97. The Hall–Kier alpha value is -2.39. The molecule has 3 aromatic rings. The third kappa shape index (κ3) is 4.84. The molecule has 0 saturated carbocycles. The first-order valence-electron chi connectivity index (χ1n) is 8.88. The van der Waals surface area contributed by atoms with Gasteiger partial charge in [0.1, 0.15) is 11.5 Å². The second kappa shape index (κ2) is 9.18. The van der Waals surface area contributed by atoms with Crippen molar-refractivity contribution in [2.45, 2.75) is 24.2 Å². The number of carbonyl (C=O) groups excluding carboxylic acids is 1. The average molecular weight is 469 g/mol. The van der Waals surface area contributed by atoms with Crippen LogP contribution in [-0.4, -0.2) is 30.9 Å². The molecule has 0 bridgehead atoms. The lowest BCUT2D eigenvalue weighted by Gasteiger charge is -2.10. The molecule has 3 rings (SSSR count). The standard InChI is InChI=1S/C20H18Cl2N2O5S/c1-30(27,28)17-7-3-2-5-13(17)19-16(6-4-8-18(25)23-26)29-24-20(19)12-9-10-14(21)15(22)11-12/h2-3,5,7,9-11,26H,4,6,8H2,1H3,(H,23,25). The first kappa shape index (κ1) is 22.3. The Morgan fingerprint density at radius 1 is 1.17 bits per heavy atom. The molecule has 2 N–H and O–H groups in total. The minimum absolute atomic E-state index is 0.0620. The molecule has 30 heavy (non-hydrogen) atoms. The van der Waals surface area contributed by atoms with Gasteiger partial charge in [-0.1, -0.05) is 52.6 Å². The quantitative estimate of drug-likeness (QED) is 0.388. The molecule has 1 aromatic heterocycles. The minimum atomic E-state index is -3.54. The number of carbonyl (C=O) groups is 1. The molecule has 1 heterocycles. The van der Waals surface area contributed by atoms with E-state index in [0.717, 1.165) is 6.26 Å². The molecule has 0 radical (unpaired) electrons. The molecule has 0 atom stereocenters. The van der Waals surface area contributed by atoms with Gasteiger partial charge in [0.05, 0.1) is 20.5 Å². The summed E-state index contributed by atoms with van der Waals surface area (Å²) in [5.41, 5.74) is 3.52. The topological polar surface area (TPSA) is 110 Å². The third-order valence-corrected chi connectivity index (χ3v) is 6.34. The van der Waals surface area contributed by atoms with E-state index in [-0.39, 0.29) is 11.3 Å². The van der Waals surface area contributed by atoms with Gasteiger partial charge >= 0.3 is 0 Å². The van der Waals surface area contributed by atoms with Gasteiger partial charge in [0.25, 0.3) is 0 Å². The summed E-state index contributed by atoms with van der Waals surface area (Å²) in [5, 5.41) is 13.5. The van der Waals surface area contributed by atoms with Crippen LogP contribution in [0, 0.1) is 0 Å². The van der Waals surface area contributed by atoms with Gasteiger partial charge in [0, 0.05) is 30.2 Å². The highest BCUT2D eigenvalue weighted by atomic mass is 35.5. The van der Waals surface area contributed by atoms with E-state index in [0.29, 0.717) is 51.0 Å². The van der Waals surface area contributed by atoms with Crippen LogP contribution < -0.4 is 5.48 Å². The average Bonchev–Trinajstić information content (AvgIpc) is 3.13. The molecule has 0 aliphatic heterocycles.